The van der Waals surface area contributed by atoms with E-state index in [1.807, 2.05) is 78.9 Å². The summed E-state index contributed by atoms with van der Waals surface area (Å²) in [6, 6.07) is 33.0. The van der Waals surface area contributed by atoms with Gasteiger partial charge in [0.15, 0.2) is 9.84 Å². The molecule has 1 N–H and O–H groups in total. The van der Waals surface area contributed by atoms with Crippen LogP contribution in [0.4, 0.5) is 4.79 Å². The van der Waals surface area contributed by atoms with Crippen molar-refractivity contribution in [3.63, 3.8) is 0 Å². The summed E-state index contributed by atoms with van der Waals surface area (Å²) in [5, 5.41) is 2.76. The van der Waals surface area contributed by atoms with Gasteiger partial charge < -0.3 is 33.3 Å². The minimum atomic E-state index is -3.64. The summed E-state index contributed by atoms with van der Waals surface area (Å²) in [4.78, 5) is 27.7. The molecule has 4 aliphatic rings. The van der Waals surface area contributed by atoms with Crippen LogP contribution in [0, 0.1) is 0 Å². The number of benzene rings is 4. The van der Waals surface area contributed by atoms with Crippen LogP contribution in [0.2, 0.25) is 0 Å². The zero-order chi connectivity index (χ0) is 39.6. The first-order valence-electron chi connectivity index (χ1n) is 19.1. The molecule has 0 radical (unpaired) electrons. The molecular weight excluding hydrogens is 770 g/mol. The lowest BCUT2D eigenvalue weighted by Gasteiger charge is -2.37. The number of rotatable bonds is 14. The van der Waals surface area contributed by atoms with E-state index < -0.39 is 54.5 Å². The molecule has 4 aliphatic heterocycles. The minimum Gasteiger partial charge on any atom is -0.497 e. The lowest BCUT2D eigenvalue weighted by atomic mass is 9.80. The Morgan fingerprint density at radius 3 is 2.05 bits per heavy atom. The van der Waals surface area contributed by atoms with Crippen LogP contribution >= 0.6 is 8.53 Å². The van der Waals surface area contributed by atoms with E-state index in [-0.39, 0.29) is 48.6 Å². The third-order valence-corrected chi connectivity index (χ3v) is 14.6. The van der Waals surface area contributed by atoms with Gasteiger partial charge >= 0.3 is 6.03 Å². The highest BCUT2D eigenvalue weighted by Gasteiger charge is 2.52. The number of urea groups is 1. The average Bonchev–Trinajstić information content (AvgIpc) is 3.96. The number of hydrogen-bond acceptors (Lipinski definition) is 11. The molecule has 4 aromatic carbocycles. The fourth-order valence-electron chi connectivity index (χ4n) is 8.17. The van der Waals surface area contributed by atoms with Crippen LogP contribution < -0.4 is 14.8 Å². The molecule has 8 rings (SSSR count). The smallest absolute Gasteiger partial charge is 0.326 e. The van der Waals surface area contributed by atoms with Gasteiger partial charge in [-0.2, -0.15) is 0 Å². The monoisotopic (exact) mass is 815 g/mol. The summed E-state index contributed by atoms with van der Waals surface area (Å²) in [5.41, 5.74) is 1.33. The summed E-state index contributed by atoms with van der Waals surface area (Å²) >= 11 is 0. The second kappa shape index (κ2) is 16.8. The Bertz CT molecular complexity index is 2070. The third-order valence-electron chi connectivity index (χ3n) is 11.1. The molecule has 57 heavy (non-hydrogen) atoms. The Balaban J connectivity index is 1.12. The van der Waals surface area contributed by atoms with E-state index in [9.17, 15) is 18.0 Å². The minimum absolute atomic E-state index is 0.0177. The molecule has 4 heterocycles. The van der Waals surface area contributed by atoms with Crippen LogP contribution in [0.15, 0.2) is 114 Å². The lowest BCUT2D eigenvalue weighted by Crippen LogP contribution is -2.54. The van der Waals surface area contributed by atoms with Crippen molar-refractivity contribution in [2.75, 3.05) is 39.7 Å². The predicted octanol–water partition coefficient (Wildman–Crippen LogP) is 6.02. The molecule has 6 atom stereocenters. The summed E-state index contributed by atoms with van der Waals surface area (Å²) in [6.07, 6.45) is -1.00. The van der Waals surface area contributed by atoms with Gasteiger partial charge in [-0.05, 0) is 65.9 Å². The molecule has 300 valence electrons. The molecule has 3 amide bonds. The number of carbonyl (C=O) groups is 2. The van der Waals surface area contributed by atoms with Crippen LogP contribution in [0.25, 0.3) is 0 Å². The van der Waals surface area contributed by atoms with Gasteiger partial charge in [-0.3, -0.25) is 4.79 Å². The van der Waals surface area contributed by atoms with Crippen molar-refractivity contribution in [3.05, 3.63) is 126 Å². The largest absolute Gasteiger partial charge is 0.497 e. The Morgan fingerprint density at radius 2 is 1.44 bits per heavy atom. The van der Waals surface area contributed by atoms with Crippen molar-refractivity contribution in [1.29, 1.82) is 0 Å². The molecule has 0 bridgehead atoms. The Labute approximate surface area is 334 Å². The van der Waals surface area contributed by atoms with E-state index in [1.54, 1.807) is 44.6 Å². The summed E-state index contributed by atoms with van der Waals surface area (Å²) in [7, 11) is -2.13. The fourth-order valence-corrected chi connectivity index (χ4v) is 11.8. The van der Waals surface area contributed by atoms with Gasteiger partial charge in [0.05, 0.1) is 43.7 Å². The molecule has 4 aromatic rings. The number of amides is 3. The van der Waals surface area contributed by atoms with Crippen molar-refractivity contribution < 1.29 is 46.0 Å². The first-order valence-corrected chi connectivity index (χ1v) is 21.9. The maximum Gasteiger partial charge on any atom is 0.326 e. The molecular formula is C42H46N3O10PS. The highest BCUT2D eigenvalue weighted by molar-refractivity contribution is 7.91. The highest BCUT2D eigenvalue weighted by Crippen LogP contribution is 2.58. The van der Waals surface area contributed by atoms with E-state index in [0.29, 0.717) is 18.0 Å². The Hall–Kier alpha value is -4.40. The fraction of sp³-hybridized carbons (Fsp3) is 0.381. The van der Waals surface area contributed by atoms with Crippen LogP contribution in [0.1, 0.15) is 42.4 Å². The van der Waals surface area contributed by atoms with Crippen LogP contribution in [0.3, 0.4) is 0 Å². The highest BCUT2D eigenvalue weighted by atomic mass is 32.2. The van der Waals surface area contributed by atoms with Crippen LogP contribution in [0.5, 0.6) is 11.5 Å². The van der Waals surface area contributed by atoms with Crippen molar-refractivity contribution >= 4 is 30.3 Å². The topological polar surface area (TPSA) is 142 Å². The number of hydrogen-bond donors (Lipinski definition) is 1. The normalized spacial score (nSPS) is 25.3. The van der Waals surface area contributed by atoms with Gasteiger partial charge in [0.1, 0.15) is 29.4 Å². The second-order valence-corrected chi connectivity index (χ2v) is 17.9. The van der Waals surface area contributed by atoms with Crippen molar-refractivity contribution in [2.24, 2.45) is 0 Å². The Kier molecular flexibility index (Phi) is 11.6. The molecule has 0 aromatic heterocycles. The van der Waals surface area contributed by atoms with E-state index in [4.69, 9.17) is 28.0 Å². The number of sulfone groups is 1. The van der Waals surface area contributed by atoms with Crippen molar-refractivity contribution in [3.8, 4) is 11.5 Å². The second-order valence-electron chi connectivity index (χ2n) is 14.4. The molecule has 13 nitrogen and oxygen atoms in total. The standard InChI is InChI=1S/C42H46N3O10PS/c1-50-32-19-15-30(16-20-32)42(29-10-5-3-6-11-29,31-17-21-33(51-2)22-18-31)52-27-37-36(26-40(53-37)45-39(46)23-24-43-41(45)47)54-56-44-25-9-14-35(44)38(55-56)28-57(48,49)34-12-7-4-8-13-34/h3-8,10-13,15-22,35-38,40H,9,14,23-28H2,1-2H3,(H,43,47)/t35-,36-,37+,38+,40+,56+/m0/s1. The van der Waals surface area contributed by atoms with Crippen LogP contribution in [-0.2, 0) is 38.8 Å². The number of imide groups is 1. The Morgan fingerprint density at radius 1 is 0.825 bits per heavy atom. The third kappa shape index (κ3) is 7.92. The van der Waals surface area contributed by atoms with Gasteiger partial charge in [0.25, 0.3) is 8.53 Å². The van der Waals surface area contributed by atoms with E-state index >= 15 is 0 Å². The van der Waals surface area contributed by atoms with Gasteiger partial charge in [-0.25, -0.2) is 22.8 Å². The average molecular weight is 816 g/mol. The maximum absolute atomic E-state index is 13.5. The number of methoxy groups -OCH3 is 2. The first-order chi connectivity index (χ1) is 27.7. The van der Waals surface area contributed by atoms with E-state index in [0.717, 1.165) is 34.4 Å². The van der Waals surface area contributed by atoms with Gasteiger partial charge in [-0.1, -0.05) is 72.8 Å². The summed E-state index contributed by atoms with van der Waals surface area (Å²) in [6.45, 7) is 0.922. The quantitative estimate of drug-likeness (QED) is 0.118. The molecule has 15 heteroatoms. The SMILES string of the molecule is COc1ccc(C(OC[C@H]2O[C@@H](N3C(=O)CCNC3=O)C[C@@H]2O[P@]2O[C@H](CS(=O)(=O)c3ccccc3)[C@@H]3CCCN32)(c2ccccc2)c2ccc(OC)cc2)cc1. The molecule has 4 fully saturated rings. The number of nitrogens with zero attached hydrogens (tertiary/aromatic N) is 2. The molecule has 0 unspecified atom stereocenters. The van der Waals surface area contributed by atoms with Gasteiger partial charge in [0, 0.05) is 32.0 Å². The van der Waals surface area contributed by atoms with Gasteiger partial charge in [-0.15, -0.1) is 0 Å². The summed E-state index contributed by atoms with van der Waals surface area (Å²) < 4.78 is 67.4. The zero-order valence-corrected chi connectivity index (χ0v) is 33.5. The van der Waals surface area contributed by atoms with Crippen molar-refractivity contribution in [1.82, 2.24) is 14.9 Å². The summed E-state index contributed by atoms with van der Waals surface area (Å²) in [5.74, 6) is 0.851. The van der Waals surface area contributed by atoms with Crippen LogP contribution in [-0.4, -0.2) is 100 Å². The number of nitrogens with one attached hydrogen (secondary N) is 1. The van der Waals surface area contributed by atoms with E-state index in [1.165, 1.54) is 0 Å². The van der Waals surface area contributed by atoms with Gasteiger partial charge in [0.2, 0.25) is 5.91 Å². The number of carbonyl (C=O) groups excluding carboxylic acids is 2. The molecule has 0 spiro atoms. The molecule has 0 saturated carbocycles. The molecule has 4 saturated heterocycles. The number of fused-ring (bicyclic) bond motifs is 1. The predicted molar refractivity (Wildman–Crippen MR) is 211 cm³/mol. The number of ether oxygens (including phenoxy) is 4. The molecule has 0 aliphatic carbocycles. The van der Waals surface area contributed by atoms with Crippen molar-refractivity contribution in [2.45, 2.75) is 66.8 Å². The first kappa shape index (κ1) is 39.4. The van der Waals surface area contributed by atoms with E-state index in [2.05, 4.69) is 9.99 Å². The lowest BCUT2D eigenvalue weighted by molar-refractivity contribution is -0.144. The zero-order valence-electron chi connectivity index (χ0n) is 31.8. The maximum atomic E-state index is 13.5.